The van der Waals surface area contributed by atoms with E-state index in [1.165, 1.54) is 13.5 Å². The van der Waals surface area contributed by atoms with Crippen molar-refractivity contribution in [2.24, 2.45) is 0 Å². The second-order valence-corrected chi connectivity index (χ2v) is 5.78. The Morgan fingerprint density at radius 2 is 1.88 bits per heavy atom. The minimum atomic E-state index is -0.507. The molecule has 0 saturated carbocycles. The predicted octanol–water partition coefficient (Wildman–Crippen LogP) is 2.51. The molecule has 0 aliphatic carbocycles. The van der Waals surface area contributed by atoms with Crippen LogP contribution in [0.2, 0.25) is 0 Å². The predicted molar refractivity (Wildman–Crippen MR) is 93.8 cm³/mol. The van der Waals surface area contributed by atoms with Gasteiger partial charge in [0.05, 0.1) is 18.4 Å². The second kappa shape index (κ2) is 7.74. The number of piperidine rings is 1. The summed E-state index contributed by atoms with van der Waals surface area (Å²) < 4.78 is 4.74. The Labute approximate surface area is 146 Å². The summed E-state index contributed by atoms with van der Waals surface area (Å²) in [5.41, 5.74) is 0.941. The topological polar surface area (TPSA) is 84.4 Å². The number of esters is 1. The third-order valence-corrected chi connectivity index (χ3v) is 4.09. The van der Waals surface area contributed by atoms with Crippen molar-refractivity contribution in [3.63, 3.8) is 0 Å². The number of methoxy groups -OCH3 is 1. The molecule has 2 aromatic rings. The van der Waals surface area contributed by atoms with Crippen molar-refractivity contribution in [2.75, 3.05) is 30.4 Å². The highest BCUT2D eigenvalue weighted by Crippen LogP contribution is 2.18. The quantitative estimate of drug-likeness (QED) is 0.861. The summed E-state index contributed by atoms with van der Waals surface area (Å²) in [6.07, 6.45) is 5.00. The first-order valence-electron chi connectivity index (χ1n) is 8.26. The van der Waals surface area contributed by atoms with Crippen molar-refractivity contribution in [2.45, 2.75) is 19.3 Å². The number of aromatic nitrogens is 2. The molecule has 0 unspecified atom stereocenters. The number of anilines is 2. The van der Waals surface area contributed by atoms with Crippen molar-refractivity contribution in [3.05, 3.63) is 47.8 Å². The Bertz CT molecular complexity index is 772. The zero-order valence-corrected chi connectivity index (χ0v) is 14.1. The maximum atomic E-state index is 12.5. The first-order chi connectivity index (χ1) is 12.2. The molecule has 3 rings (SSSR count). The van der Waals surface area contributed by atoms with Gasteiger partial charge in [-0.2, -0.15) is 0 Å². The number of hydrogen-bond donors (Lipinski definition) is 1. The molecule has 1 saturated heterocycles. The Morgan fingerprint density at radius 1 is 1.12 bits per heavy atom. The van der Waals surface area contributed by atoms with Crippen molar-refractivity contribution < 1.29 is 14.3 Å². The molecule has 0 radical (unpaired) electrons. The minimum Gasteiger partial charge on any atom is -0.465 e. The number of ether oxygens (including phenoxy) is 1. The lowest BCUT2D eigenvalue weighted by atomic mass is 10.1. The molecule has 1 fully saturated rings. The fraction of sp³-hybridized carbons (Fsp3) is 0.333. The summed E-state index contributed by atoms with van der Waals surface area (Å²) in [6, 6.07) is 8.25. The van der Waals surface area contributed by atoms with Crippen LogP contribution in [0.4, 0.5) is 11.6 Å². The third kappa shape index (κ3) is 3.93. The molecule has 0 atom stereocenters. The molecule has 25 heavy (non-hydrogen) atoms. The van der Waals surface area contributed by atoms with Crippen LogP contribution in [0.3, 0.4) is 0 Å². The first kappa shape index (κ1) is 16.9. The molecule has 7 heteroatoms. The van der Waals surface area contributed by atoms with Crippen LogP contribution in [-0.4, -0.2) is 42.0 Å². The molecule has 1 aliphatic rings. The van der Waals surface area contributed by atoms with Gasteiger partial charge < -0.3 is 15.0 Å². The van der Waals surface area contributed by atoms with Gasteiger partial charge in [0.25, 0.3) is 5.91 Å². The molecular weight excluding hydrogens is 320 g/mol. The molecule has 1 aromatic heterocycles. The number of hydrogen-bond acceptors (Lipinski definition) is 6. The molecule has 2 heterocycles. The lowest BCUT2D eigenvalue weighted by Gasteiger charge is -2.26. The number of rotatable bonds is 4. The maximum Gasteiger partial charge on any atom is 0.339 e. The van der Waals surface area contributed by atoms with Crippen LogP contribution in [0.1, 0.15) is 40.1 Å². The lowest BCUT2D eigenvalue weighted by molar-refractivity contribution is 0.0602. The second-order valence-electron chi connectivity index (χ2n) is 5.78. The summed E-state index contributed by atoms with van der Waals surface area (Å²) in [7, 11) is 1.30. The average Bonchev–Trinajstić information content (AvgIpc) is 2.68. The zero-order valence-electron chi connectivity index (χ0n) is 14.1. The highest BCUT2D eigenvalue weighted by atomic mass is 16.5. The van der Waals surface area contributed by atoms with Crippen molar-refractivity contribution in [1.82, 2.24) is 9.97 Å². The molecule has 0 bridgehead atoms. The number of carbonyl (C=O) groups excluding carboxylic acids is 2. The third-order valence-electron chi connectivity index (χ3n) is 4.09. The summed E-state index contributed by atoms with van der Waals surface area (Å²) in [6.45, 7) is 1.80. The maximum absolute atomic E-state index is 12.5. The molecule has 130 valence electrons. The van der Waals surface area contributed by atoms with Gasteiger partial charge in [-0.1, -0.05) is 12.1 Å². The standard InChI is InChI=1S/C18H20N4O3/c1-25-17(24)13-7-3-4-8-14(13)20-16(23)15-9-10-19-18(21-15)22-11-5-2-6-12-22/h3-4,7-10H,2,5-6,11-12H2,1H3,(H,20,23). The van der Waals surface area contributed by atoms with Gasteiger partial charge in [0, 0.05) is 19.3 Å². The van der Waals surface area contributed by atoms with E-state index < -0.39 is 11.9 Å². The van der Waals surface area contributed by atoms with Gasteiger partial charge in [-0.25, -0.2) is 14.8 Å². The molecule has 0 spiro atoms. The average molecular weight is 340 g/mol. The van der Waals surface area contributed by atoms with Crippen LogP contribution in [-0.2, 0) is 4.74 Å². The number of carbonyl (C=O) groups is 2. The lowest BCUT2D eigenvalue weighted by Crippen LogP contribution is -2.31. The number of para-hydroxylation sites is 1. The van der Waals surface area contributed by atoms with Gasteiger partial charge >= 0.3 is 5.97 Å². The monoisotopic (exact) mass is 340 g/mol. The Kier molecular flexibility index (Phi) is 5.23. The van der Waals surface area contributed by atoms with E-state index in [2.05, 4.69) is 20.2 Å². The van der Waals surface area contributed by atoms with E-state index in [4.69, 9.17) is 4.74 Å². The Morgan fingerprint density at radius 3 is 2.64 bits per heavy atom. The van der Waals surface area contributed by atoms with Crippen molar-refractivity contribution in [3.8, 4) is 0 Å². The van der Waals surface area contributed by atoms with Crippen LogP contribution >= 0.6 is 0 Å². The van der Waals surface area contributed by atoms with Crippen LogP contribution in [0, 0.1) is 0 Å². The van der Waals surface area contributed by atoms with E-state index in [1.807, 2.05) is 0 Å². The highest BCUT2D eigenvalue weighted by Gasteiger charge is 2.18. The van der Waals surface area contributed by atoms with Gasteiger partial charge in [0.2, 0.25) is 5.95 Å². The van der Waals surface area contributed by atoms with Crippen molar-refractivity contribution >= 4 is 23.5 Å². The van der Waals surface area contributed by atoms with E-state index >= 15 is 0 Å². The van der Waals surface area contributed by atoms with Crippen LogP contribution < -0.4 is 10.2 Å². The van der Waals surface area contributed by atoms with E-state index in [0.29, 0.717) is 17.2 Å². The van der Waals surface area contributed by atoms with Crippen LogP contribution in [0.15, 0.2) is 36.5 Å². The highest BCUT2D eigenvalue weighted by molar-refractivity contribution is 6.07. The van der Waals surface area contributed by atoms with Gasteiger partial charge in [-0.05, 0) is 37.5 Å². The zero-order chi connectivity index (χ0) is 17.6. The van der Waals surface area contributed by atoms with Gasteiger partial charge in [-0.15, -0.1) is 0 Å². The van der Waals surface area contributed by atoms with Crippen LogP contribution in [0.25, 0.3) is 0 Å². The van der Waals surface area contributed by atoms with E-state index in [9.17, 15) is 9.59 Å². The number of benzene rings is 1. The van der Waals surface area contributed by atoms with E-state index in [-0.39, 0.29) is 5.69 Å². The molecule has 1 aliphatic heterocycles. The molecule has 1 aromatic carbocycles. The summed E-state index contributed by atoms with van der Waals surface area (Å²) in [5, 5.41) is 2.72. The fourth-order valence-corrected chi connectivity index (χ4v) is 2.79. The molecule has 7 nitrogen and oxygen atoms in total. The minimum absolute atomic E-state index is 0.259. The number of amides is 1. The smallest absolute Gasteiger partial charge is 0.339 e. The summed E-state index contributed by atoms with van der Waals surface area (Å²) in [5.74, 6) is -0.335. The SMILES string of the molecule is COC(=O)c1ccccc1NC(=O)c1ccnc(N2CCCCC2)n1. The van der Waals surface area contributed by atoms with E-state index in [1.54, 1.807) is 36.5 Å². The largest absolute Gasteiger partial charge is 0.465 e. The molecule has 1 amide bonds. The van der Waals surface area contributed by atoms with Crippen LogP contribution in [0.5, 0.6) is 0 Å². The summed E-state index contributed by atoms with van der Waals surface area (Å²) in [4.78, 5) is 35.1. The fourth-order valence-electron chi connectivity index (χ4n) is 2.79. The molecule has 1 N–H and O–H groups in total. The van der Waals surface area contributed by atoms with Gasteiger partial charge in [-0.3, -0.25) is 4.79 Å². The summed E-state index contributed by atoms with van der Waals surface area (Å²) >= 11 is 0. The number of nitrogens with one attached hydrogen (secondary N) is 1. The van der Waals surface area contributed by atoms with E-state index in [0.717, 1.165) is 25.9 Å². The van der Waals surface area contributed by atoms with Gasteiger partial charge in [0.1, 0.15) is 5.69 Å². The van der Waals surface area contributed by atoms with Gasteiger partial charge in [0.15, 0.2) is 0 Å². The van der Waals surface area contributed by atoms with Crippen molar-refractivity contribution in [1.29, 1.82) is 0 Å². The normalized spacial score (nSPS) is 14.0. The Hall–Kier alpha value is -2.96. The number of nitrogens with zero attached hydrogens (tertiary/aromatic N) is 3. The Balaban J connectivity index is 1.79. The molecular formula is C18H20N4O3. The first-order valence-corrected chi connectivity index (χ1v) is 8.26.